The first-order valence-corrected chi connectivity index (χ1v) is 9.18. The summed E-state index contributed by atoms with van der Waals surface area (Å²) in [5, 5.41) is 23.5. The Morgan fingerprint density at radius 2 is 1.82 bits per heavy atom. The van der Waals surface area contributed by atoms with Gasteiger partial charge in [-0.1, -0.05) is 19.9 Å². The monoisotopic (exact) mass is 458 g/mol. The summed E-state index contributed by atoms with van der Waals surface area (Å²) in [5.41, 5.74) is 0. The minimum atomic E-state index is -0.662. The van der Waals surface area contributed by atoms with Gasteiger partial charge in [0.05, 0.1) is 18.8 Å². The molecule has 7 nitrogen and oxygen atoms in total. The van der Waals surface area contributed by atoms with Crippen molar-refractivity contribution in [3.63, 3.8) is 0 Å². The van der Waals surface area contributed by atoms with Gasteiger partial charge in [0.1, 0.15) is 18.0 Å². The fourth-order valence-corrected chi connectivity index (χ4v) is 3.74. The van der Waals surface area contributed by atoms with Crippen molar-refractivity contribution in [1.82, 2.24) is 15.2 Å². The van der Waals surface area contributed by atoms with Crippen LogP contribution < -0.4 is 10.2 Å². The molecular formula is C18H33Cl3N4O3. The molecule has 164 valence electrons. The molecule has 2 saturated heterocycles. The second-order valence-electron chi connectivity index (χ2n) is 7.15. The van der Waals surface area contributed by atoms with E-state index in [9.17, 15) is 10.2 Å². The lowest BCUT2D eigenvalue weighted by Gasteiger charge is -2.40. The van der Waals surface area contributed by atoms with Crippen molar-refractivity contribution in [3.05, 3.63) is 24.4 Å². The molecule has 0 amide bonds. The van der Waals surface area contributed by atoms with E-state index in [4.69, 9.17) is 4.74 Å². The molecule has 0 unspecified atom stereocenters. The summed E-state index contributed by atoms with van der Waals surface area (Å²) in [7, 11) is 0. The van der Waals surface area contributed by atoms with Crippen molar-refractivity contribution in [1.29, 1.82) is 0 Å². The molecule has 0 radical (unpaired) electrons. The molecule has 2 aliphatic rings. The Morgan fingerprint density at radius 3 is 2.36 bits per heavy atom. The number of aliphatic hydroxyl groups is 2. The molecule has 0 aromatic carbocycles. The second kappa shape index (κ2) is 13.0. The smallest absolute Gasteiger partial charge is 0.128 e. The van der Waals surface area contributed by atoms with Crippen molar-refractivity contribution in [2.24, 2.45) is 0 Å². The van der Waals surface area contributed by atoms with Crippen molar-refractivity contribution >= 4 is 43.0 Å². The topological polar surface area (TPSA) is 81.1 Å². The summed E-state index contributed by atoms with van der Waals surface area (Å²) in [6, 6.07) is 6.22. The fraction of sp³-hybridized carbons (Fsp3) is 0.722. The maximum Gasteiger partial charge on any atom is 0.128 e. The highest BCUT2D eigenvalue weighted by Crippen LogP contribution is 2.27. The van der Waals surface area contributed by atoms with Gasteiger partial charge in [-0.25, -0.2) is 4.98 Å². The quantitative estimate of drug-likeness (QED) is 0.584. The number of aromatic nitrogens is 1. The average Bonchev–Trinajstić information content (AvgIpc) is 2.96. The van der Waals surface area contributed by atoms with E-state index in [0.29, 0.717) is 12.6 Å². The molecule has 2 fully saturated rings. The number of anilines is 1. The lowest BCUT2D eigenvalue weighted by atomic mass is 10.0. The van der Waals surface area contributed by atoms with Gasteiger partial charge in [0.15, 0.2) is 0 Å². The third-order valence-corrected chi connectivity index (χ3v) is 5.08. The zero-order chi connectivity index (χ0) is 17.8. The Bertz CT molecular complexity index is 536. The van der Waals surface area contributed by atoms with E-state index in [1.54, 1.807) is 0 Å². The van der Waals surface area contributed by atoms with Crippen LogP contribution in [0.1, 0.15) is 13.8 Å². The minimum Gasteiger partial charge on any atom is -0.394 e. The lowest BCUT2D eigenvalue weighted by molar-refractivity contribution is -0.0216. The first-order chi connectivity index (χ1) is 12.1. The van der Waals surface area contributed by atoms with Crippen molar-refractivity contribution in [2.45, 2.75) is 44.2 Å². The third-order valence-electron chi connectivity index (χ3n) is 5.08. The van der Waals surface area contributed by atoms with Gasteiger partial charge in [-0.05, 0) is 12.1 Å². The Balaban J connectivity index is 0.00000243. The number of nitrogens with zero attached hydrogens (tertiary/aromatic N) is 3. The number of pyridine rings is 1. The van der Waals surface area contributed by atoms with Crippen LogP contribution in [0.15, 0.2) is 24.4 Å². The van der Waals surface area contributed by atoms with Crippen LogP contribution in [-0.4, -0.2) is 89.8 Å². The molecule has 4 atom stereocenters. The van der Waals surface area contributed by atoms with Crippen LogP contribution in [0.2, 0.25) is 0 Å². The molecule has 1 aromatic rings. The van der Waals surface area contributed by atoms with E-state index >= 15 is 0 Å². The van der Waals surface area contributed by atoms with E-state index < -0.39 is 12.2 Å². The Kier molecular flexibility index (Phi) is 12.9. The van der Waals surface area contributed by atoms with Crippen molar-refractivity contribution < 1.29 is 14.9 Å². The van der Waals surface area contributed by atoms with Gasteiger partial charge in [0.2, 0.25) is 0 Å². The predicted molar refractivity (Wildman–Crippen MR) is 118 cm³/mol. The van der Waals surface area contributed by atoms with Crippen LogP contribution in [0, 0.1) is 0 Å². The molecule has 1 aromatic heterocycles. The van der Waals surface area contributed by atoms with Crippen molar-refractivity contribution in [3.8, 4) is 0 Å². The largest absolute Gasteiger partial charge is 0.394 e. The summed E-state index contributed by atoms with van der Waals surface area (Å²) in [6.45, 7) is 8.14. The number of nitrogens with one attached hydrogen (secondary N) is 1. The zero-order valence-corrected chi connectivity index (χ0v) is 18.8. The maximum atomic E-state index is 10.6. The summed E-state index contributed by atoms with van der Waals surface area (Å²) < 4.78 is 5.92. The summed E-state index contributed by atoms with van der Waals surface area (Å²) >= 11 is 0. The number of piperazine rings is 1. The zero-order valence-electron chi connectivity index (χ0n) is 16.3. The predicted octanol–water partition coefficient (Wildman–Crippen LogP) is 0.956. The van der Waals surface area contributed by atoms with Crippen molar-refractivity contribution in [2.75, 3.05) is 44.2 Å². The van der Waals surface area contributed by atoms with Crippen LogP contribution in [0.5, 0.6) is 0 Å². The SMILES string of the molecule is CC(C)NC[C@H]1O[C@@H](CO)[C@@H](O)[C@H]1N1CCN(c2ccccn2)CC1.Cl.Cl.Cl. The van der Waals surface area contributed by atoms with Gasteiger partial charge in [-0.2, -0.15) is 0 Å². The number of rotatable bonds is 6. The first kappa shape index (κ1) is 27.6. The number of hydrogen-bond donors (Lipinski definition) is 3. The molecule has 0 spiro atoms. The molecule has 3 N–H and O–H groups in total. The molecule has 3 rings (SSSR count). The molecule has 0 saturated carbocycles. The molecule has 3 heterocycles. The molecular weight excluding hydrogens is 427 g/mol. The normalized spacial score (nSPS) is 27.7. The van der Waals surface area contributed by atoms with E-state index in [0.717, 1.165) is 32.0 Å². The Hall–Kier alpha value is -0.380. The van der Waals surface area contributed by atoms with Gasteiger partial charge < -0.3 is 25.2 Å². The standard InChI is InChI=1S/C18H30N4O3.3ClH/c1-13(2)20-11-14-17(18(24)15(12-23)25-14)22-9-7-21(8-10-22)16-5-3-4-6-19-16;;;/h3-6,13-15,17-18,20,23-24H,7-12H2,1-2H3;3*1H/t14-,15+,17+,18-;;;/m1.../s1. The second-order valence-corrected chi connectivity index (χ2v) is 7.15. The lowest BCUT2D eigenvalue weighted by Crippen LogP contribution is -2.57. The minimum absolute atomic E-state index is 0. The van der Waals surface area contributed by atoms with E-state index in [-0.39, 0.29) is 56.0 Å². The van der Waals surface area contributed by atoms with Gasteiger partial charge >= 0.3 is 0 Å². The van der Waals surface area contributed by atoms with Gasteiger partial charge in [-0.3, -0.25) is 4.90 Å². The summed E-state index contributed by atoms with van der Waals surface area (Å²) in [6.07, 6.45) is 0.537. The van der Waals surface area contributed by atoms with E-state index in [1.807, 2.05) is 24.4 Å². The molecule has 2 aliphatic heterocycles. The fourth-order valence-electron chi connectivity index (χ4n) is 3.74. The van der Waals surface area contributed by atoms with Crippen LogP contribution >= 0.6 is 37.2 Å². The van der Waals surface area contributed by atoms with Crippen LogP contribution in [0.3, 0.4) is 0 Å². The van der Waals surface area contributed by atoms with Gasteiger partial charge in [0.25, 0.3) is 0 Å². The number of aliphatic hydroxyl groups excluding tert-OH is 2. The highest BCUT2D eigenvalue weighted by atomic mass is 35.5. The average molecular weight is 460 g/mol. The first-order valence-electron chi connectivity index (χ1n) is 9.18. The van der Waals surface area contributed by atoms with Crippen LogP contribution in [0.25, 0.3) is 0 Å². The number of hydrogen-bond acceptors (Lipinski definition) is 7. The summed E-state index contributed by atoms with van der Waals surface area (Å²) in [4.78, 5) is 8.98. The number of ether oxygens (including phenoxy) is 1. The summed E-state index contributed by atoms with van der Waals surface area (Å²) in [5.74, 6) is 0.997. The molecule has 0 bridgehead atoms. The Morgan fingerprint density at radius 1 is 1.14 bits per heavy atom. The molecule has 28 heavy (non-hydrogen) atoms. The Labute approximate surface area is 186 Å². The maximum absolute atomic E-state index is 10.6. The molecule has 10 heteroatoms. The highest BCUT2D eigenvalue weighted by molar-refractivity contribution is 5.86. The third kappa shape index (κ3) is 6.57. The van der Waals surface area contributed by atoms with Gasteiger partial charge in [-0.15, -0.1) is 37.2 Å². The number of halogens is 3. The van der Waals surface area contributed by atoms with Gasteiger partial charge in [0, 0.05) is 45.0 Å². The van der Waals surface area contributed by atoms with Crippen LogP contribution in [-0.2, 0) is 4.74 Å². The van der Waals surface area contributed by atoms with Crippen LogP contribution in [0.4, 0.5) is 5.82 Å². The van der Waals surface area contributed by atoms with E-state index in [1.165, 1.54) is 0 Å². The molecule has 0 aliphatic carbocycles. The van der Waals surface area contributed by atoms with E-state index in [2.05, 4.69) is 33.9 Å². The highest BCUT2D eigenvalue weighted by Gasteiger charge is 2.46.